The van der Waals surface area contributed by atoms with Crippen LogP contribution >= 0.6 is 15.9 Å². The number of nitrogen functional groups attached to an aromatic ring is 1. The molecule has 0 aliphatic rings. The number of anilines is 1. The molecule has 1 heterocycles. The summed E-state index contributed by atoms with van der Waals surface area (Å²) in [6, 6.07) is 1.79. The molecule has 0 spiro atoms. The Labute approximate surface area is 86.4 Å². The number of nitrogens with zero attached hydrogens (tertiary/aromatic N) is 1. The van der Waals surface area contributed by atoms with E-state index in [4.69, 9.17) is 10.5 Å². The first-order valence-corrected chi connectivity index (χ1v) is 5.07. The van der Waals surface area contributed by atoms with Gasteiger partial charge in [0.2, 0.25) is 5.88 Å². The maximum Gasteiger partial charge on any atom is 0.237 e. The van der Waals surface area contributed by atoms with Crippen molar-refractivity contribution in [3.05, 3.63) is 16.7 Å². The smallest absolute Gasteiger partial charge is 0.237 e. The van der Waals surface area contributed by atoms with E-state index in [1.165, 1.54) is 0 Å². The molecule has 0 saturated heterocycles. The van der Waals surface area contributed by atoms with Crippen LogP contribution in [0.3, 0.4) is 0 Å². The number of rotatable bonds is 4. The molecular weight excluding hydrogens is 232 g/mol. The van der Waals surface area contributed by atoms with Crippen LogP contribution < -0.4 is 10.5 Å². The lowest BCUT2D eigenvalue weighted by Crippen LogP contribution is -2.01. The molecule has 0 fully saturated rings. The molecule has 0 aliphatic heterocycles. The van der Waals surface area contributed by atoms with E-state index in [1.807, 2.05) is 0 Å². The number of nitrogens with two attached hydrogens (primary N) is 1. The zero-order valence-electron chi connectivity index (χ0n) is 7.59. The summed E-state index contributed by atoms with van der Waals surface area (Å²) in [6.07, 6.45) is 3.81. The Hall–Kier alpha value is -0.770. The molecule has 0 aliphatic carbocycles. The second-order valence-corrected chi connectivity index (χ2v) is 3.67. The standard InChI is InChI=1S/C9H13BrN2O/c1-2-3-4-13-9-8(11)5-7(10)6-12-9/h5-6H,2-4,11H2,1H3. The Balaban J connectivity index is 2.56. The summed E-state index contributed by atoms with van der Waals surface area (Å²) >= 11 is 3.28. The topological polar surface area (TPSA) is 48.1 Å². The monoisotopic (exact) mass is 244 g/mol. The highest BCUT2D eigenvalue weighted by Gasteiger charge is 2.01. The van der Waals surface area contributed by atoms with Crippen LogP contribution in [0.25, 0.3) is 0 Å². The maximum absolute atomic E-state index is 5.69. The van der Waals surface area contributed by atoms with Gasteiger partial charge in [0.15, 0.2) is 0 Å². The average molecular weight is 245 g/mol. The molecule has 1 aromatic rings. The Morgan fingerprint density at radius 3 is 3.00 bits per heavy atom. The number of halogens is 1. The predicted octanol–water partition coefficient (Wildman–Crippen LogP) is 2.61. The fourth-order valence-corrected chi connectivity index (χ4v) is 1.23. The van der Waals surface area contributed by atoms with Gasteiger partial charge in [-0.1, -0.05) is 13.3 Å². The van der Waals surface area contributed by atoms with Crippen molar-refractivity contribution >= 4 is 21.6 Å². The van der Waals surface area contributed by atoms with Gasteiger partial charge in [0.25, 0.3) is 0 Å². The Bertz CT molecular complexity index is 278. The second-order valence-electron chi connectivity index (χ2n) is 2.75. The number of aromatic nitrogens is 1. The predicted molar refractivity (Wildman–Crippen MR) is 56.8 cm³/mol. The van der Waals surface area contributed by atoms with Crippen molar-refractivity contribution in [2.75, 3.05) is 12.3 Å². The van der Waals surface area contributed by atoms with E-state index in [0.717, 1.165) is 17.3 Å². The third-order valence-electron chi connectivity index (χ3n) is 1.58. The van der Waals surface area contributed by atoms with Crippen molar-refractivity contribution in [1.29, 1.82) is 0 Å². The van der Waals surface area contributed by atoms with Gasteiger partial charge in [-0.15, -0.1) is 0 Å². The van der Waals surface area contributed by atoms with E-state index in [9.17, 15) is 0 Å². The van der Waals surface area contributed by atoms with E-state index in [2.05, 4.69) is 27.8 Å². The van der Waals surface area contributed by atoms with Gasteiger partial charge >= 0.3 is 0 Å². The summed E-state index contributed by atoms with van der Waals surface area (Å²) < 4.78 is 6.24. The first-order chi connectivity index (χ1) is 6.24. The van der Waals surface area contributed by atoms with Crippen molar-refractivity contribution in [2.45, 2.75) is 19.8 Å². The summed E-state index contributed by atoms with van der Waals surface area (Å²) in [5, 5.41) is 0. The van der Waals surface area contributed by atoms with Crippen LogP contribution in [-0.2, 0) is 0 Å². The zero-order valence-corrected chi connectivity index (χ0v) is 9.17. The van der Waals surface area contributed by atoms with Gasteiger partial charge in [-0.2, -0.15) is 0 Å². The molecule has 3 nitrogen and oxygen atoms in total. The van der Waals surface area contributed by atoms with Crippen molar-refractivity contribution in [2.24, 2.45) is 0 Å². The molecule has 1 aromatic heterocycles. The molecule has 0 bridgehead atoms. The van der Waals surface area contributed by atoms with Gasteiger partial charge in [-0.3, -0.25) is 0 Å². The highest BCUT2D eigenvalue weighted by atomic mass is 79.9. The molecular formula is C9H13BrN2O. The SMILES string of the molecule is CCCCOc1ncc(Br)cc1N. The highest BCUT2D eigenvalue weighted by molar-refractivity contribution is 9.10. The number of hydrogen-bond donors (Lipinski definition) is 1. The van der Waals surface area contributed by atoms with E-state index >= 15 is 0 Å². The number of hydrogen-bond acceptors (Lipinski definition) is 3. The number of ether oxygens (including phenoxy) is 1. The summed E-state index contributed by atoms with van der Waals surface area (Å²) in [6.45, 7) is 2.79. The molecule has 1 rings (SSSR count). The minimum atomic E-state index is 0.525. The molecule has 2 N–H and O–H groups in total. The lowest BCUT2D eigenvalue weighted by molar-refractivity contribution is 0.299. The Kier molecular flexibility index (Phi) is 4.02. The Morgan fingerprint density at radius 1 is 1.62 bits per heavy atom. The molecule has 0 amide bonds. The maximum atomic E-state index is 5.69. The Morgan fingerprint density at radius 2 is 2.38 bits per heavy atom. The lowest BCUT2D eigenvalue weighted by Gasteiger charge is -2.06. The minimum absolute atomic E-state index is 0.525. The summed E-state index contributed by atoms with van der Waals surface area (Å²) in [7, 11) is 0. The molecule has 0 atom stereocenters. The van der Waals surface area contributed by atoms with Gasteiger partial charge < -0.3 is 10.5 Å². The van der Waals surface area contributed by atoms with E-state index in [0.29, 0.717) is 18.2 Å². The van der Waals surface area contributed by atoms with Crippen LogP contribution in [-0.4, -0.2) is 11.6 Å². The molecule has 0 saturated carbocycles. The van der Waals surface area contributed by atoms with Crippen LogP contribution in [0.4, 0.5) is 5.69 Å². The van der Waals surface area contributed by atoms with Crippen LogP contribution in [0.15, 0.2) is 16.7 Å². The first-order valence-electron chi connectivity index (χ1n) is 4.28. The van der Waals surface area contributed by atoms with Crippen LogP contribution in [0, 0.1) is 0 Å². The van der Waals surface area contributed by atoms with Crippen molar-refractivity contribution in [3.63, 3.8) is 0 Å². The normalized spacial score (nSPS) is 10.0. The summed E-state index contributed by atoms with van der Waals surface area (Å²) in [5.74, 6) is 0.525. The summed E-state index contributed by atoms with van der Waals surface area (Å²) in [5.41, 5.74) is 6.26. The van der Waals surface area contributed by atoms with Crippen LogP contribution in [0.1, 0.15) is 19.8 Å². The zero-order chi connectivity index (χ0) is 9.68. The molecule has 0 unspecified atom stereocenters. The average Bonchev–Trinajstić information content (AvgIpc) is 2.09. The van der Waals surface area contributed by atoms with Crippen LogP contribution in [0.5, 0.6) is 5.88 Å². The van der Waals surface area contributed by atoms with Gasteiger partial charge in [0.1, 0.15) is 0 Å². The van der Waals surface area contributed by atoms with Crippen molar-refractivity contribution in [1.82, 2.24) is 4.98 Å². The third kappa shape index (κ3) is 3.22. The third-order valence-corrected chi connectivity index (χ3v) is 2.02. The fraction of sp³-hybridized carbons (Fsp3) is 0.444. The molecule has 4 heteroatoms. The second kappa shape index (κ2) is 5.07. The largest absolute Gasteiger partial charge is 0.476 e. The quantitative estimate of drug-likeness (QED) is 0.829. The van der Waals surface area contributed by atoms with Gasteiger partial charge in [-0.25, -0.2) is 4.98 Å². The lowest BCUT2D eigenvalue weighted by atomic mass is 10.3. The molecule has 72 valence electrons. The van der Waals surface area contributed by atoms with Gasteiger partial charge in [0.05, 0.1) is 12.3 Å². The fourth-order valence-electron chi connectivity index (χ4n) is 0.876. The van der Waals surface area contributed by atoms with Crippen molar-refractivity contribution in [3.8, 4) is 5.88 Å². The van der Waals surface area contributed by atoms with Gasteiger partial charge in [-0.05, 0) is 28.4 Å². The van der Waals surface area contributed by atoms with Gasteiger partial charge in [0, 0.05) is 10.7 Å². The van der Waals surface area contributed by atoms with Crippen LogP contribution in [0.2, 0.25) is 0 Å². The molecule has 0 radical (unpaired) electrons. The minimum Gasteiger partial charge on any atom is -0.476 e. The van der Waals surface area contributed by atoms with Crippen molar-refractivity contribution < 1.29 is 4.74 Å². The first kappa shape index (κ1) is 10.3. The van der Waals surface area contributed by atoms with E-state index in [-0.39, 0.29) is 0 Å². The molecule has 0 aromatic carbocycles. The number of pyridine rings is 1. The molecule has 13 heavy (non-hydrogen) atoms. The highest BCUT2D eigenvalue weighted by Crippen LogP contribution is 2.21. The number of unbranched alkanes of at least 4 members (excludes halogenated alkanes) is 1. The van der Waals surface area contributed by atoms with E-state index in [1.54, 1.807) is 12.3 Å². The summed E-state index contributed by atoms with van der Waals surface area (Å²) in [4.78, 5) is 4.06. The van der Waals surface area contributed by atoms with E-state index < -0.39 is 0 Å².